The van der Waals surface area contributed by atoms with Crippen LogP contribution in [0.1, 0.15) is 5.56 Å². The van der Waals surface area contributed by atoms with E-state index < -0.39 is 0 Å². The van der Waals surface area contributed by atoms with Gasteiger partial charge in [-0.1, -0.05) is 41.9 Å². The predicted molar refractivity (Wildman–Crippen MR) is 56.9 cm³/mol. The van der Waals surface area contributed by atoms with Crippen LogP contribution in [0.5, 0.6) is 0 Å². The average Bonchev–Trinajstić information content (AvgIpc) is 2.12. The zero-order chi connectivity index (χ0) is 8.55. The minimum atomic E-state index is 1.33. The molecule has 58 valence electrons. The zero-order valence-electron chi connectivity index (χ0n) is 7.46. The number of fused-ring (bicyclic) bond motifs is 1. The molecular weight excluding hydrogens is 143 g/mol. The fourth-order valence-electron chi connectivity index (χ4n) is 1.54. The lowest BCUT2D eigenvalue weighted by molar-refractivity contribution is 1.57. The number of benzene rings is 2. The van der Waals surface area contributed by atoms with Gasteiger partial charge in [0.1, 0.15) is 7.85 Å². The number of hydrogen-bond donors (Lipinski definition) is 0. The summed E-state index contributed by atoms with van der Waals surface area (Å²) in [6.45, 7) is 2.18. The minimum Gasteiger partial charge on any atom is -0.0855 e. The van der Waals surface area contributed by atoms with E-state index in [2.05, 4.69) is 51.2 Å². The molecule has 1 heteroatoms. The monoisotopic (exact) mass is 154 g/mol. The smallest absolute Gasteiger partial charge is 0.0855 e. The Morgan fingerprint density at radius 3 is 2.58 bits per heavy atom. The van der Waals surface area contributed by atoms with Gasteiger partial charge < -0.3 is 0 Å². The normalized spacial score (nSPS) is 10.4. The summed E-state index contributed by atoms with van der Waals surface area (Å²) in [6.07, 6.45) is 0. The second-order valence-corrected chi connectivity index (χ2v) is 3.23. The number of aryl methyl sites for hydroxylation is 1. The Labute approximate surface area is 73.6 Å². The van der Waals surface area contributed by atoms with Crippen molar-refractivity contribution in [2.45, 2.75) is 6.92 Å². The number of rotatable bonds is 0. The molecule has 0 saturated heterocycles. The summed E-state index contributed by atoms with van der Waals surface area (Å²) in [4.78, 5) is 0. The molecule has 0 bridgehead atoms. The molecule has 0 unspecified atom stereocenters. The molecule has 0 nitrogen and oxygen atoms in total. The number of hydrogen-bond acceptors (Lipinski definition) is 0. The van der Waals surface area contributed by atoms with Crippen LogP contribution in [0.15, 0.2) is 36.4 Å². The Bertz CT molecular complexity index is 418. The summed E-state index contributed by atoms with van der Waals surface area (Å²) in [5.74, 6) is 0. The summed E-state index contributed by atoms with van der Waals surface area (Å²) in [6, 6.07) is 12.9. The first-order valence-corrected chi connectivity index (χ1v) is 4.24. The summed E-state index contributed by atoms with van der Waals surface area (Å²) >= 11 is 0. The Balaban J connectivity index is 2.91. The molecule has 0 radical (unpaired) electrons. The van der Waals surface area contributed by atoms with Gasteiger partial charge in [0.25, 0.3) is 0 Å². The van der Waals surface area contributed by atoms with Gasteiger partial charge in [-0.2, -0.15) is 0 Å². The van der Waals surface area contributed by atoms with Crippen molar-refractivity contribution in [1.29, 1.82) is 0 Å². The van der Waals surface area contributed by atoms with Crippen LogP contribution in [0.25, 0.3) is 10.8 Å². The molecule has 2 rings (SSSR count). The first-order valence-electron chi connectivity index (χ1n) is 4.24. The first kappa shape index (κ1) is 7.42. The lowest BCUT2D eigenvalue weighted by Gasteiger charge is -2.04. The van der Waals surface area contributed by atoms with E-state index in [1.54, 1.807) is 0 Å². The van der Waals surface area contributed by atoms with Crippen LogP contribution in [0.3, 0.4) is 0 Å². The van der Waals surface area contributed by atoms with Crippen molar-refractivity contribution in [3.8, 4) is 0 Å². The van der Waals surface area contributed by atoms with Crippen molar-refractivity contribution in [2.75, 3.05) is 0 Å². The topological polar surface area (TPSA) is 0 Å². The van der Waals surface area contributed by atoms with Gasteiger partial charge in [0.15, 0.2) is 0 Å². The lowest BCUT2D eigenvalue weighted by atomic mass is 9.88. The largest absolute Gasteiger partial charge is 0.139 e. The molecule has 2 aromatic rings. The van der Waals surface area contributed by atoms with Crippen LogP contribution in [0, 0.1) is 6.92 Å². The van der Waals surface area contributed by atoms with Crippen LogP contribution < -0.4 is 5.46 Å². The van der Waals surface area contributed by atoms with Crippen LogP contribution in [0.4, 0.5) is 0 Å². The average molecular weight is 154 g/mol. The fraction of sp³-hybridized carbons (Fsp3) is 0.0909. The Kier molecular flexibility index (Phi) is 1.65. The van der Waals surface area contributed by atoms with Crippen LogP contribution >= 0.6 is 0 Å². The van der Waals surface area contributed by atoms with Crippen molar-refractivity contribution < 1.29 is 0 Å². The molecule has 0 fully saturated rings. The van der Waals surface area contributed by atoms with E-state index in [4.69, 9.17) is 0 Å². The first-order chi connectivity index (χ1) is 5.79. The van der Waals surface area contributed by atoms with Gasteiger partial charge in [-0.15, -0.1) is 0 Å². The molecule has 0 spiro atoms. The molecule has 0 heterocycles. The van der Waals surface area contributed by atoms with E-state index in [0.717, 1.165) is 0 Å². The van der Waals surface area contributed by atoms with Gasteiger partial charge in [0.2, 0.25) is 0 Å². The zero-order valence-corrected chi connectivity index (χ0v) is 7.46. The predicted octanol–water partition coefficient (Wildman–Crippen LogP) is 1.41. The van der Waals surface area contributed by atoms with Gasteiger partial charge >= 0.3 is 0 Å². The summed E-state index contributed by atoms with van der Waals surface area (Å²) in [5, 5.41) is 2.71. The lowest BCUT2D eigenvalue weighted by Crippen LogP contribution is -2.06. The SMILES string of the molecule is Bc1ccc2ccccc2c1C. The van der Waals surface area contributed by atoms with Gasteiger partial charge in [-0.25, -0.2) is 0 Å². The van der Waals surface area contributed by atoms with Crippen molar-refractivity contribution >= 4 is 24.1 Å². The molecule has 0 aromatic heterocycles. The van der Waals surface area contributed by atoms with Gasteiger partial charge in [0, 0.05) is 0 Å². The molecule has 12 heavy (non-hydrogen) atoms. The summed E-state index contributed by atoms with van der Waals surface area (Å²) < 4.78 is 0. The Morgan fingerprint density at radius 1 is 1.00 bits per heavy atom. The summed E-state index contributed by atoms with van der Waals surface area (Å²) in [5.41, 5.74) is 2.77. The fourth-order valence-corrected chi connectivity index (χ4v) is 1.54. The van der Waals surface area contributed by atoms with Crippen molar-refractivity contribution in [3.63, 3.8) is 0 Å². The third kappa shape index (κ3) is 1.02. The molecular formula is C11H11B. The third-order valence-corrected chi connectivity index (χ3v) is 2.47. The Morgan fingerprint density at radius 2 is 1.75 bits per heavy atom. The molecule has 0 aliphatic rings. The van der Waals surface area contributed by atoms with E-state index in [1.165, 1.54) is 21.8 Å². The molecule has 2 aromatic carbocycles. The highest BCUT2D eigenvalue weighted by Crippen LogP contribution is 2.15. The molecule has 0 aliphatic carbocycles. The van der Waals surface area contributed by atoms with Crippen molar-refractivity contribution in [2.24, 2.45) is 0 Å². The van der Waals surface area contributed by atoms with Crippen molar-refractivity contribution in [3.05, 3.63) is 42.0 Å². The third-order valence-electron chi connectivity index (χ3n) is 2.47. The highest BCUT2D eigenvalue weighted by atomic mass is 14.0. The molecule has 0 atom stereocenters. The maximum Gasteiger partial charge on any atom is 0.139 e. The van der Waals surface area contributed by atoms with Gasteiger partial charge in [-0.3, -0.25) is 0 Å². The van der Waals surface area contributed by atoms with E-state index >= 15 is 0 Å². The van der Waals surface area contributed by atoms with E-state index in [-0.39, 0.29) is 0 Å². The maximum atomic E-state index is 2.18. The second-order valence-electron chi connectivity index (χ2n) is 3.23. The Hall–Kier alpha value is -1.24. The van der Waals surface area contributed by atoms with E-state index in [1.807, 2.05) is 0 Å². The quantitative estimate of drug-likeness (QED) is 0.503. The highest BCUT2D eigenvalue weighted by molar-refractivity contribution is 6.34. The molecule has 0 N–H and O–H groups in total. The van der Waals surface area contributed by atoms with E-state index in [0.29, 0.717) is 0 Å². The van der Waals surface area contributed by atoms with Gasteiger partial charge in [-0.05, 0) is 23.3 Å². The van der Waals surface area contributed by atoms with Crippen LogP contribution in [0.2, 0.25) is 0 Å². The maximum absolute atomic E-state index is 2.18. The van der Waals surface area contributed by atoms with Crippen LogP contribution in [-0.2, 0) is 0 Å². The standard InChI is InChI=1S/C11H11B/c1-8-10-5-3-2-4-9(10)6-7-11(8)12/h2-7H,12H2,1H3. The molecule has 0 aliphatic heterocycles. The molecule has 0 saturated carbocycles. The molecule has 0 amide bonds. The minimum absolute atomic E-state index is 1.33. The van der Waals surface area contributed by atoms with Gasteiger partial charge in [0.05, 0.1) is 0 Å². The second kappa shape index (κ2) is 2.67. The van der Waals surface area contributed by atoms with Crippen LogP contribution in [-0.4, -0.2) is 7.85 Å². The van der Waals surface area contributed by atoms with E-state index in [9.17, 15) is 0 Å². The van der Waals surface area contributed by atoms with Crippen molar-refractivity contribution in [1.82, 2.24) is 0 Å². The highest BCUT2D eigenvalue weighted by Gasteiger charge is 1.97. The summed E-state index contributed by atoms with van der Waals surface area (Å²) in [7, 11) is 2.15.